The lowest BCUT2D eigenvalue weighted by Crippen LogP contribution is -2.60. The summed E-state index contributed by atoms with van der Waals surface area (Å²) in [5.74, 6) is -9.49. The van der Waals surface area contributed by atoms with Gasteiger partial charge < -0.3 is 68.1 Å². The second kappa shape index (κ2) is 28.3. The second-order valence-electron chi connectivity index (χ2n) is 17.0. The molecule has 3 aromatic rings. The Morgan fingerprint density at radius 1 is 0.549 bits per heavy atom. The van der Waals surface area contributed by atoms with Crippen molar-refractivity contribution in [2.75, 3.05) is 13.7 Å². The number of carboxylic acid groups (broad SMARTS) is 2. The van der Waals surface area contributed by atoms with E-state index in [4.69, 9.17) is 15.6 Å². The summed E-state index contributed by atoms with van der Waals surface area (Å²) in [5, 5.41) is 55.7. The maximum atomic E-state index is 14.3. The van der Waals surface area contributed by atoms with E-state index in [1.54, 1.807) is 38.1 Å². The first kappa shape index (κ1) is 57.1. The lowest BCUT2D eigenvalue weighted by Gasteiger charge is -2.28. The van der Waals surface area contributed by atoms with Crippen LogP contribution < -0.4 is 47.7 Å². The molecule has 23 heteroatoms. The van der Waals surface area contributed by atoms with Crippen molar-refractivity contribution in [3.63, 3.8) is 0 Å². The minimum absolute atomic E-state index is 0.0148. The molecule has 384 valence electrons. The number of phenolic OH excluding ortho intramolecular Hbond substituents is 2. The van der Waals surface area contributed by atoms with Crippen molar-refractivity contribution in [3.8, 4) is 17.2 Å². The maximum Gasteiger partial charge on any atom is 0.303 e. The van der Waals surface area contributed by atoms with Gasteiger partial charge in [0.05, 0.1) is 13.7 Å². The molecule has 0 saturated carbocycles. The Balaban J connectivity index is 1.84. The van der Waals surface area contributed by atoms with Crippen LogP contribution in [0.1, 0.15) is 80.8 Å². The van der Waals surface area contributed by atoms with Crippen molar-refractivity contribution >= 4 is 59.2 Å². The highest BCUT2D eigenvalue weighted by Gasteiger charge is 2.33. The lowest BCUT2D eigenvalue weighted by molar-refractivity contribution is -0.139. The number of methoxy groups -OCH3 is 1. The van der Waals surface area contributed by atoms with Gasteiger partial charge in [0, 0.05) is 24.8 Å². The van der Waals surface area contributed by atoms with Crippen LogP contribution in [0.15, 0.2) is 72.8 Å². The first-order valence-electron chi connectivity index (χ1n) is 22.6. The number of aryl methyl sites for hydroxylation is 1. The van der Waals surface area contributed by atoms with Crippen LogP contribution >= 0.6 is 0 Å². The summed E-state index contributed by atoms with van der Waals surface area (Å²) in [6, 6.07) is 9.23. The van der Waals surface area contributed by atoms with Crippen LogP contribution in [-0.4, -0.2) is 130 Å². The number of rotatable bonds is 29. The normalized spacial score (nSPS) is 13.4. The van der Waals surface area contributed by atoms with Crippen LogP contribution in [0, 0.1) is 5.92 Å². The van der Waals surface area contributed by atoms with E-state index < -0.39 is 121 Å². The van der Waals surface area contributed by atoms with Crippen LogP contribution in [0.25, 0.3) is 0 Å². The first-order valence-corrected chi connectivity index (χ1v) is 22.6. The lowest BCUT2D eigenvalue weighted by atomic mass is 9.99. The Labute approximate surface area is 409 Å². The van der Waals surface area contributed by atoms with Gasteiger partial charge in [0.25, 0.3) is 5.91 Å². The number of aromatic hydroxyl groups is 2. The number of hydrogen-bond donors (Lipinski definition) is 12. The van der Waals surface area contributed by atoms with Gasteiger partial charge >= 0.3 is 11.9 Å². The molecule has 0 bridgehead atoms. The third kappa shape index (κ3) is 20.5. The summed E-state index contributed by atoms with van der Waals surface area (Å²) in [5.41, 5.74) is 6.74. The van der Waals surface area contributed by atoms with Gasteiger partial charge in [-0.05, 0) is 105 Å². The number of primary amides is 1. The Hall–Kier alpha value is -8.24. The van der Waals surface area contributed by atoms with Crippen molar-refractivity contribution in [1.82, 2.24) is 37.2 Å². The summed E-state index contributed by atoms with van der Waals surface area (Å²) in [7, 11) is 1.46. The second-order valence-corrected chi connectivity index (χ2v) is 17.0. The topological polar surface area (TPSA) is 371 Å². The number of phenols is 2. The third-order valence-electron chi connectivity index (χ3n) is 10.8. The summed E-state index contributed by atoms with van der Waals surface area (Å²) in [6.45, 7) is 4.15. The molecule has 3 rings (SSSR count). The summed E-state index contributed by atoms with van der Waals surface area (Å²) < 4.78 is 5.08. The molecule has 13 N–H and O–H groups in total. The van der Waals surface area contributed by atoms with E-state index in [1.807, 2.05) is 0 Å². The van der Waals surface area contributed by atoms with E-state index in [1.165, 1.54) is 62.6 Å². The monoisotopic (exact) mass is 990 g/mol. The Morgan fingerprint density at radius 3 is 1.54 bits per heavy atom. The molecule has 0 radical (unpaired) electrons. The van der Waals surface area contributed by atoms with Crippen LogP contribution in [0.4, 0.5) is 0 Å². The van der Waals surface area contributed by atoms with Gasteiger partial charge in [0.15, 0.2) is 0 Å². The number of hydrogen-bond acceptors (Lipinski definition) is 13. The zero-order valence-corrected chi connectivity index (χ0v) is 39.7. The maximum absolute atomic E-state index is 14.3. The van der Waals surface area contributed by atoms with E-state index >= 15 is 0 Å². The van der Waals surface area contributed by atoms with Gasteiger partial charge in [-0.1, -0.05) is 38.1 Å². The molecular formula is C48H62N8O15. The number of benzene rings is 3. The molecule has 0 saturated heterocycles. The van der Waals surface area contributed by atoms with Crippen molar-refractivity contribution < 1.29 is 73.1 Å². The van der Waals surface area contributed by atoms with E-state index in [0.717, 1.165) is 0 Å². The van der Waals surface area contributed by atoms with E-state index in [9.17, 15) is 63.3 Å². The highest BCUT2D eigenvalue weighted by atomic mass is 16.5. The Morgan fingerprint density at radius 2 is 1.01 bits per heavy atom. The van der Waals surface area contributed by atoms with Gasteiger partial charge in [-0.15, -0.1) is 0 Å². The fourth-order valence-corrected chi connectivity index (χ4v) is 6.86. The molecule has 0 aliphatic heterocycles. The highest BCUT2D eigenvalue weighted by Crippen LogP contribution is 2.16. The third-order valence-corrected chi connectivity index (χ3v) is 10.8. The molecule has 0 heterocycles. The van der Waals surface area contributed by atoms with E-state index in [0.29, 0.717) is 16.9 Å². The minimum Gasteiger partial charge on any atom is -0.508 e. The van der Waals surface area contributed by atoms with Crippen molar-refractivity contribution in [1.29, 1.82) is 0 Å². The summed E-state index contributed by atoms with van der Waals surface area (Å²) >= 11 is 0. The zero-order valence-electron chi connectivity index (χ0n) is 39.7. The zero-order chi connectivity index (χ0) is 52.8. The van der Waals surface area contributed by atoms with Crippen LogP contribution in [-0.2, 0) is 56.0 Å². The van der Waals surface area contributed by atoms with Crippen molar-refractivity contribution in [3.05, 3.63) is 89.5 Å². The van der Waals surface area contributed by atoms with Crippen LogP contribution in [0.3, 0.4) is 0 Å². The summed E-state index contributed by atoms with van der Waals surface area (Å²) in [4.78, 5) is 130. The molecule has 0 unspecified atom stereocenters. The smallest absolute Gasteiger partial charge is 0.303 e. The average Bonchev–Trinajstić information content (AvgIpc) is 3.32. The van der Waals surface area contributed by atoms with Gasteiger partial charge in [0.1, 0.15) is 53.5 Å². The molecule has 0 aliphatic rings. The van der Waals surface area contributed by atoms with Crippen LogP contribution in [0.5, 0.6) is 17.2 Å². The SMILES string of the molecule is COc1ccc(C(=O)N[C@@H](C)C(=O)NCC(=O)N[C@@H](CCC(=O)O)C(=O)N[C@@H](Cc2ccc(O)cc2)C(=O)N[C@@H](CC(C)C)C(=O)N[C@@H](CCc2ccc(O)cc2)C(=O)N[C@@H](CCC(=O)O)C(N)=O)cc1. The molecule has 0 spiro atoms. The van der Waals surface area contributed by atoms with Crippen LogP contribution in [0.2, 0.25) is 0 Å². The van der Waals surface area contributed by atoms with Gasteiger partial charge in [-0.25, -0.2) is 0 Å². The average molecular weight is 991 g/mol. The highest BCUT2D eigenvalue weighted by molar-refractivity contribution is 5.99. The number of ether oxygens (including phenoxy) is 1. The fourth-order valence-electron chi connectivity index (χ4n) is 6.86. The predicted octanol–water partition coefficient (Wildman–Crippen LogP) is -0.0986. The predicted molar refractivity (Wildman–Crippen MR) is 253 cm³/mol. The number of amides is 8. The quantitative estimate of drug-likeness (QED) is 0.0432. The standard InChI is InChI=1S/C48H62N8O15/c1-26(2)23-37(47(69)54-36(18-9-28-5-12-31(57)13-6-28)46(68)53-34(42(49)64)19-21-40(60)61)55-48(70)38(24-29-7-14-32(58)15-8-29)56-45(67)35(20-22-41(62)63)52-39(59)25-50-43(65)27(3)51-44(66)30-10-16-33(71-4)17-11-30/h5-8,10-17,26-27,34-38,57-58H,9,18-25H2,1-4H3,(H2,49,64)(H,50,65)(H,51,66)(H,52,59)(H,53,68)(H,54,69)(H,55,70)(H,56,67)(H,60,61)(H,62,63)/t27-,34-,35-,36-,37-,38-/m0/s1. The van der Waals surface area contributed by atoms with E-state index in [2.05, 4.69) is 37.2 Å². The number of nitrogens with one attached hydrogen (secondary N) is 7. The van der Waals surface area contributed by atoms with Crippen molar-refractivity contribution in [2.24, 2.45) is 11.7 Å². The van der Waals surface area contributed by atoms with Gasteiger partial charge in [0.2, 0.25) is 41.4 Å². The molecule has 3 aromatic carbocycles. The van der Waals surface area contributed by atoms with Crippen molar-refractivity contribution in [2.45, 2.75) is 108 Å². The Bertz CT molecular complexity index is 2340. The van der Waals surface area contributed by atoms with Gasteiger partial charge in [-0.3, -0.25) is 47.9 Å². The number of nitrogens with two attached hydrogens (primary N) is 1. The number of aliphatic carboxylic acids is 2. The number of carbonyl (C=O) groups excluding carboxylic acids is 8. The molecule has 8 amide bonds. The number of carbonyl (C=O) groups is 10. The summed E-state index contributed by atoms with van der Waals surface area (Å²) in [6.07, 6.45) is -2.14. The first-order chi connectivity index (χ1) is 33.5. The molecule has 6 atom stereocenters. The molecule has 71 heavy (non-hydrogen) atoms. The molecule has 23 nitrogen and oxygen atoms in total. The largest absolute Gasteiger partial charge is 0.508 e. The molecule has 0 fully saturated rings. The fraction of sp³-hybridized carbons (Fsp3) is 0.417. The molecule has 0 aromatic heterocycles. The molecule has 0 aliphatic carbocycles. The minimum atomic E-state index is -1.58. The van der Waals surface area contributed by atoms with Gasteiger partial charge in [-0.2, -0.15) is 0 Å². The Kier molecular flexibility index (Phi) is 22.8. The van der Waals surface area contributed by atoms with E-state index in [-0.39, 0.29) is 55.1 Å². The molecular weight excluding hydrogens is 929 g/mol. The number of carboxylic acids is 2.